The summed E-state index contributed by atoms with van der Waals surface area (Å²) in [5.74, 6) is -2.85. The van der Waals surface area contributed by atoms with Crippen molar-refractivity contribution in [2.75, 3.05) is 13.1 Å². The van der Waals surface area contributed by atoms with E-state index in [1.807, 2.05) is 36.4 Å². The number of nitrogens with zero attached hydrogens (tertiary/aromatic N) is 4. The van der Waals surface area contributed by atoms with Crippen LogP contribution in [0.25, 0.3) is 21.8 Å². The molecular formula is C44H42BCl4N5NaO6. The fourth-order valence-corrected chi connectivity index (χ4v) is 7.72. The second-order valence-corrected chi connectivity index (χ2v) is 15.1. The number of hydrogen-bond acceptors (Lipinski definition) is 9. The van der Waals surface area contributed by atoms with Gasteiger partial charge >= 0.3 is 41.5 Å². The monoisotopic (exact) mass is 910 g/mol. The minimum Gasteiger partial charge on any atom is -0.512 e. The van der Waals surface area contributed by atoms with Gasteiger partial charge in [-0.15, -0.1) is 24.8 Å². The van der Waals surface area contributed by atoms with E-state index >= 15 is 0 Å². The molecule has 0 aliphatic carbocycles. The van der Waals surface area contributed by atoms with Gasteiger partial charge in [0, 0.05) is 67.7 Å². The number of rotatable bonds is 7. The van der Waals surface area contributed by atoms with Crippen LogP contribution < -0.4 is 34.9 Å². The van der Waals surface area contributed by atoms with Gasteiger partial charge in [0.2, 0.25) is 0 Å². The molecule has 0 unspecified atom stereocenters. The molecule has 0 spiro atoms. The molecule has 6 aromatic rings. The molecule has 3 radical (unpaired) electrons. The Labute approximate surface area is 400 Å². The van der Waals surface area contributed by atoms with Crippen molar-refractivity contribution in [3.63, 3.8) is 0 Å². The van der Waals surface area contributed by atoms with Gasteiger partial charge in [-0.3, -0.25) is 4.90 Å². The van der Waals surface area contributed by atoms with E-state index in [-0.39, 0.29) is 85.4 Å². The summed E-state index contributed by atoms with van der Waals surface area (Å²) in [5, 5.41) is 52.6. The molecule has 0 saturated carbocycles. The SMILES string of the molecule is CC(C)N1CCc2ccc3c(C(=O)O)c(O)c(Cc4ccc(Cl)cc4)nc3c2C1.Cl.Cl.O=C(O)c1c(O)c(Cc2ccc(Cl)cc2)nc2c3c(ccc12)CCNC3.[B].[C-]#N.[Na+]. The topological polar surface area (TPSA) is 180 Å². The predicted octanol–water partition coefficient (Wildman–Crippen LogP) is 5.74. The Kier molecular flexibility index (Phi) is 20.3. The largest absolute Gasteiger partial charge is 1.00 e. The number of halogens is 4. The number of aromatic nitrogens is 2. The third-order valence-corrected chi connectivity index (χ3v) is 10.9. The van der Waals surface area contributed by atoms with Gasteiger partial charge in [-0.05, 0) is 90.9 Å². The van der Waals surface area contributed by atoms with Gasteiger partial charge in [0.1, 0.15) is 11.1 Å². The average Bonchev–Trinajstić information content (AvgIpc) is 3.20. The summed E-state index contributed by atoms with van der Waals surface area (Å²) < 4.78 is 0. The molecule has 0 atom stereocenters. The van der Waals surface area contributed by atoms with Crippen molar-refractivity contribution < 1.29 is 59.6 Å². The van der Waals surface area contributed by atoms with Crippen LogP contribution in [0.2, 0.25) is 10.0 Å². The Morgan fingerprint density at radius 2 is 1.16 bits per heavy atom. The predicted molar refractivity (Wildman–Crippen MR) is 239 cm³/mol. The first-order chi connectivity index (χ1) is 27.4. The Balaban J connectivity index is 0.000000381. The van der Waals surface area contributed by atoms with Crippen molar-refractivity contribution in [1.29, 1.82) is 5.26 Å². The molecule has 4 aromatic carbocycles. The number of carboxylic acids is 2. The zero-order valence-corrected chi connectivity index (χ0v) is 38.9. The number of fused-ring (bicyclic) bond motifs is 6. The quantitative estimate of drug-likeness (QED) is 0.0975. The van der Waals surface area contributed by atoms with Gasteiger partial charge in [-0.1, -0.05) is 71.7 Å². The maximum absolute atomic E-state index is 12.0. The average molecular weight is 912 g/mol. The minimum absolute atomic E-state index is 0. The van der Waals surface area contributed by atoms with Gasteiger partial charge in [0.05, 0.1) is 22.4 Å². The molecule has 8 rings (SSSR count). The molecule has 4 heterocycles. The summed E-state index contributed by atoms with van der Waals surface area (Å²) in [6, 6.07) is 22.3. The smallest absolute Gasteiger partial charge is 0.512 e. The van der Waals surface area contributed by atoms with Crippen LogP contribution in [-0.2, 0) is 38.8 Å². The van der Waals surface area contributed by atoms with Crippen LogP contribution in [0.3, 0.4) is 0 Å². The summed E-state index contributed by atoms with van der Waals surface area (Å²) in [6.07, 6.45) is 2.44. The van der Waals surface area contributed by atoms with Crippen LogP contribution in [0, 0.1) is 11.8 Å². The summed E-state index contributed by atoms with van der Waals surface area (Å²) in [5.41, 5.74) is 8.11. The minimum atomic E-state index is -1.16. The molecule has 17 heteroatoms. The van der Waals surface area contributed by atoms with Crippen molar-refractivity contribution >= 4 is 90.2 Å². The van der Waals surface area contributed by atoms with E-state index in [2.05, 4.69) is 29.0 Å². The normalized spacial score (nSPS) is 12.6. The molecule has 0 bridgehead atoms. The molecule has 5 N–H and O–H groups in total. The molecule has 0 amide bonds. The number of hydrogen-bond donors (Lipinski definition) is 5. The molecule has 61 heavy (non-hydrogen) atoms. The zero-order valence-electron chi connectivity index (χ0n) is 33.7. The second kappa shape index (κ2) is 23.4. The third kappa shape index (κ3) is 11.7. The molecule has 0 saturated heterocycles. The molecule has 11 nitrogen and oxygen atoms in total. The van der Waals surface area contributed by atoms with E-state index in [0.29, 0.717) is 68.7 Å². The fourth-order valence-electron chi connectivity index (χ4n) is 7.47. The molecule has 0 fully saturated rings. The number of carboxylic acid groups (broad SMARTS) is 2. The van der Waals surface area contributed by atoms with E-state index in [1.54, 1.807) is 36.4 Å². The molecule has 2 aliphatic heterocycles. The number of aromatic carboxylic acids is 2. The number of carbonyl (C=O) groups is 2. The number of nitrogens with one attached hydrogen (secondary N) is 1. The molecule has 2 aliphatic rings. The van der Waals surface area contributed by atoms with E-state index < -0.39 is 11.9 Å². The first-order valence-corrected chi connectivity index (χ1v) is 19.1. The Bertz CT molecular complexity index is 2530. The molecule has 311 valence electrons. The van der Waals surface area contributed by atoms with Crippen LogP contribution in [-0.4, -0.2) is 74.8 Å². The second-order valence-electron chi connectivity index (χ2n) is 14.2. The Hall–Kier alpha value is -4.13. The summed E-state index contributed by atoms with van der Waals surface area (Å²) in [4.78, 5) is 35.6. The standard InChI is InChI=1S/C23H23ClN2O3.C20H17ClN2O3.CN.B.2ClH.Na/c1-13(2)26-10-9-15-5-8-17-20(23(28)29)22(27)19(25-21(17)18(15)12-26)11-14-3-6-16(24)7-4-14;21-13-4-1-11(2-5-13)9-16-19(24)17(20(25)26)14-6-3-12-7-8-22-10-15(12)18(14)23-16;1-2;;;;/h3-8,13,27H,9-12H2,1-2H3,(H,28,29);1-6,22,24H,7-10H2,(H,25,26);;;2*1H;/q;;-1;;;;+1. The van der Waals surface area contributed by atoms with Crippen molar-refractivity contribution in [2.24, 2.45) is 0 Å². The molecular weight excluding hydrogens is 870 g/mol. The maximum Gasteiger partial charge on any atom is 1.00 e. The fraction of sp³-hybridized carbons (Fsp3) is 0.250. The first-order valence-electron chi connectivity index (χ1n) is 18.3. The van der Waals surface area contributed by atoms with Crippen LogP contribution in [0.4, 0.5) is 0 Å². The van der Waals surface area contributed by atoms with Crippen LogP contribution >= 0.6 is 48.0 Å². The molecule has 2 aromatic heterocycles. The van der Waals surface area contributed by atoms with Crippen LogP contribution in [0.5, 0.6) is 11.5 Å². The van der Waals surface area contributed by atoms with Gasteiger partial charge in [-0.25, -0.2) is 19.6 Å². The summed E-state index contributed by atoms with van der Waals surface area (Å²) in [7, 11) is 0. The van der Waals surface area contributed by atoms with Crippen molar-refractivity contribution in [3.05, 3.63) is 145 Å². The van der Waals surface area contributed by atoms with Gasteiger partial charge < -0.3 is 37.6 Å². The van der Waals surface area contributed by atoms with E-state index in [9.17, 15) is 30.0 Å². The summed E-state index contributed by atoms with van der Waals surface area (Å²) >= 11 is 11.9. The van der Waals surface area contributed by atoms with E-state index in [4.69, 9.17) is 40.0 Å². The van der Waals surface area contributed by atoms with Gasteiger partial charge in [-0.2, -0.15) is 0 Å². The van der Waals surface area contributed by atoms with Crippen LogP contribution in [0.1, 0.15) is 79.3 Å². The van der Waals surface area contributed by atoms with Crippen molar-refractivity contribution in [3.8, 4) is 11.5 Å². The number of aromatic hydroxyl groups is 2. The van der Waals surface area contributed by atoms with E-state index in [0.717, 1.165) is 54.7 Å². The Morgan fingerprint density at radius 3 is 1.59 bits per heavy atom. The zero-order chi connectivity index (χ0) is 41.0. The van der Waals surface area contributed by atoms with Crippen molar-refractivity contribution in [1.82, 2.24) is 20.2 Å². The van der Waals surface area contributed by atoms with Gasteiger partial charge in [0.25, 0.3) is 0 Å². The number of benzene rings is 4. The first kappa shape index (κ1) is 53.0. The van der Waals surface area contributed by atoms with Crippen LogP contribution in [0.15, 0.2) is 72.8 Å². The number of pyridine rings is 2. The van der Waals surface area contributed by atoms with E-state index in [1.165, 1.54) is 11.1 Å². The van der Waals surface area contributed by atoms with Gasteiger partial charge in [0.15, 0.2) is 11.5 Å². The third-order valence-electron chi connectivity index (χ3n) is 10.4. The summed E-state index contributed by atoms with van der Waals surface area (Å²) in [6.45, 7) is 12.3. The maximum atomic E-state index is 12.0. The Morgan fingerprint density at radius 1 is 0.738 bits per heavy atom. The van der Waals surface area contributed by atoms with Crippen molar-refractivity contribution in [2.45, 2.75) is 58.7 Å².